The van der Waals surface area contributed by atoms with E-state index in [9.17, 15) is 4.79 Å². The Balaban J connectivity index is 1.93. The lowest BCUT2D eigenvalue weighted by atomic mass is 10.0. The number of nitrogens with one attached hydrogen (secondary N) is 2. The molecule has 130 valence electrons. The van der Waals surface area contributed by atoms with Gasteiger partial charge in [-0.2, -0.15) is 0 Å². The molecule has 0 bridgehead atoms. The topological polar surface area (TPSA) is 70.2 Å². The SMILES string of the molecule is CCCOc1ccc([C@@H](CC)NC(=O)N(C)Cc2ncc[nH]2)cc1. The third-order valence-electron chi connectivity index (χ3n) is 3.75. The molecule has 2 rings (SSSR count). The zero-order valence-corrected chi connectivity index (χ0v) is 14.6. The van der Waals surface area contributed by atoms with E-state index in [1.54, 1.807) is 24.3 Å². The summed E-state index contributed by atoms with van der Waals surface area (Å²) in [6.45, 7) is 5.29. The number of carbonyl (C=O) groups excluding carboxylic acids is 1. The maximum absolute atomic E-state index is 12.4. The predicted octanol–water partition coefficient (Wildman–Crippen LogP) is 3.49. The van der Waals surface area contributed by atoms with Gasteiger partial charge in [0, 0.05) is 19.4 Å². The summed E-state index contributed by atoms with van der Waals surface area (Å²) >= 11 is 0. The molecule has 0 spiro atoms. The number of imidazole rings is 1. The van der Waals surface area contributed by atoms with Crippen LogP contribution in [-0.4, -0.2) is 34.6 Å². The van der Waals surface area contributed by atoms with Gasteiger partial charge in [0.15, 0.2) is 0 Å². The molecule has 0 radical (unpaired) electrons. The van der Waals surface area contributed by atoms with Gasteiger partial charge in [-0.25, -0.2) is 9.78 Å². The van der Waals surface area contributed by atoms with Gasteiger partial charge >= 0.3 is 6.03 Å². The van der Waals surface area contributed by atoms with Crippen LogP contribution in [0.5, 0.6) is 5.75 Å². The third-order valence-corrected chi connectivity index (χ3v) is 3.75. The minimum atomic E-state index is -0.121. The lowest BCUT2D eigenvalue weighted by molar-refractivity contribution is 0.201. The van der Waals surface area contributed by atoms with Gasteiger partial charge in [-0.3, -0.25) is 0 Å². The Hall–Kier alpha value is -2.50. The molecule has 2 N–H and O–H groups in total. The largest absolute Gasteiger partial charge is 0.494 e. The van der Waals surface area contributed by atoms with Gasteiger partial charge in [0.25, 0.3) is 0 Å². The minimum Gasteiger partial charge on any atom is -0.494 e. The highest BCUT2D eigenvalue weighted by Crippen LogP contribution is 2.20. The molecule has 0 aliphatic carbocycles. The highest BCUT2D eigenvalue weighted by Gasteiger charge is 2.16. The van der Waals surface area contributed by atoms with Crippen molar-refractivity contribution in [3.8, 4) is 5.75 Å². The van der Waals surface area contributed by atoms with Crippen LogP contribution in [0.25, 0.3) is 0 Å². The Morgan fingerprint density at radius 1 is 1.33 bits per heavy atom. The summed E-state index contributed by atoms with van der Waals surface area (Å²) in [5.41, 5.74) is 1.07. The quantitative estimate of drug-likeness (QED) is 0.778. The van der Waals surface area contributed by atoms with Gasteiger partial charge in [0.05, 0.1) is 19.2 Å². The van der Waals surface area contributed by atoms with Crippen LogP contribution in [0.2, 0.25) is 0 Å². The molecule has 6 heteroatoms. The summed E-state index contributed by atoms with van der Waals surface area (Å²) in [6.07, 6.45) is 5.23. The summed E-state index contributed by atoms with van der Waals surface area (Å²) in [5, 5.41) is 3.06. The number of urea groups is 1. The monoisotopic (exact) mass is 330 g/mol. The third kappa shape index (κ3) is 5.01. The van der Waals surface area contributed by atoms with Crippen molar-refractivity contribution in [2.75, 3.05) is 13.7 Å². The first kappa shape index (κ1) is 17.8. The molecule has 1 heterocycles. The van der Waals surface area contributed by atoms with Crippen LogP contribution in [0.3, 0.4) is 0 Å². The number of amides is 2. The van der Waals surface area contributed by atoms with Crippen molar-refractivity contribution in [1.29, 1.82) is 0 Å². The zero-order chi connectivity index (χ0) is 17.4. The Labute approximate surface area is 143 Å². The second kappa shape index (κ2) is 8.96. The number of rotatable bonds is 8. The predicted molar refractivity (Wildman–Crippen MR) is 93.8 cm³/mol. The van der Waals surface area contributed by atoms with Crippen LogP contribution in [0, 0.1) is 0 Å². The Morgan fingerprint density at radius 2 is 2.08 bits per heavy atom. The fourth-order valence-electron chi connectivity index (χ4n) is 2.38. The summed E-state index contributed by atoms with van der Waals surface area (Å²) in [4.78, 5) is 21.1. The molecule has 0 unspecified atom stereocenters. The van der Waals surface area contributed by atoms with Crippen LogP contribution in [0.15, 0.2) is 36.7 Å². The minimum absolute atomic E-state index is 0.0308. The van der Waals surface area contributed by atoms with E-state index in [0.29, 0.717) is 13.2 Å². The van der Waals surface area contributed by atoms with E-state index < -0.39 is 0 Å². The van der Waals surface area contributed by atoms with Crippen LogP contribution in [0.4, 0.5) is 4.79 Å². The second-order valence-electron chi connectivity index (χ2n) is 5.72. The molecule has 0 saturated heterocycles. The van der Waals surface area contributed by atoms with Crippen molar-refractivity contribution >= 4 is 6.03 Å². The van der Waals surface area contributed by atoms with Crippen molar-refractivity contribution in [3.05, 3.63) is 48.0 Å². The molecular weight excluding hydrogens is 304 g/mol. The molecule has 1 aromatic carbocycles. The van der Waals surface area contributed by atoms with Gasteiger partial charge in [-0.15, -0.1) is 0 Å². The van der Waals surface area contributed by atoms with Crippen LogP contribution in [-0.2, 0) is 6.54 Å². The van der Waals surface area contributed by atoms with Gasteiger partial charge < -0.3 is 19.9 Å². The average Bonchev–Trinajstić information content (AvgIpc) is 3.11. The van der Waals surface area contributed by atoms with Crippen molar-refractivity contribution < 1.29 is 9.53 Å². The lowest BCUT2D eigenvalue weighted by Gasteiger charge is -2.23. The van der Waals surface area contributed by atoms with Crippen molar-refractivity contribution in [2.45, 2.75) is 39.3 Å². The summed E-state index contributed by atoms with van der Waals surface area (Å²) in [6, 6.07) is 7.76. The molecule has 24 heavy (non-hydrogen) atoms. The van der Waals surface area contributed by atoms with Crippen molar-refractivity contribution in [3.63, 3.8) is 0 Å². The molecule has 1 aromatic heterocycles. The van der Waals surface area contributed by atoms with E-state index in [1.807, 2.05) is 24.3 Å². The molecule has 0 aliphatic heterocycles. The van der Waals surface area contributed by atoms with E-state index in [1.165, 1.54) is 0 Å². The maximum Gasteiger partial charge on any atom is 0.318 e. The van der Waals surface area contributed by atoms with Gasteiger partial charge in [0.2, 0.25) is 0 Å². The van der Waals surface area contributed by atoms with E-state index in [2.05, 4.69) is 29.1 Å². The van der Waals surface area contributed by atoms with Gasteiger partial charge in [0.1, 0.15) is 11.6 Å². The van der Waals surface area contributed by atoms with Crippen molar-refractivity contribution in [2.24, 2.45) is 0 Å². The molecule has 1 atom stereocenters. The summed E-state index contributed by atoms with van der Waals surface area (Å²) in [5.74, 6) is 1.62. The summed E-state index contributed by atoms with van der Waals surface area (Å²) < 4.78 is 5.60. The van der Waals surface area contributed by atoms with E-state index >= 15 is 0 Å². The first-order chi connectivity index (χ1) is 11.6. The first-order valence-corrected chi connectivity index (χ1v) is 8.36. The van der Waals surface area contributed by atoms with E-state index in [-0.39, 0.29) is 12.1 Å². The molecule has 6 nitrogen and oxygen atoms in total. The number of nitrogens with zero attached hydrogens (tertiary/aromatic N) is 2. The standard InChI is InChI=1S/C18H26N4O2/c1-4-12-24-15-8-6-14(7-9-15)16(5-2)21-18(23)22(3)13-17-19-10-11-20-17/h6-11,16H,4-5,12-13H2,1-3H3,(H,19,20)(H,21,23)/t16-/m1/s1. The smallest absolute Gasteiger partial charge is 0.318 e. The number of hydrogen-bond donors (Lipinski definition) is 2. The number of benzene rings is 1. The molecule has 2 amide bonds. The molecule has 0 fully saturated rings. The number of hydrogen-bond acceptors (Lipinski definition) is 3. The fraction of sp³-hybridized carbons (Fsp3) is 0.444. The lowest BCUT2D eigenvalue weighted by Crippen LogP contribution is -2.39. The highest BCUT2D eigenvalue weighted by atomic mass is 16.5. The second-order valence-corrected chi connectivity index (χ2v) is 5.72. The average molecular weight is 330 g/mol. The number of H-pyrrole nitrogens is 1. The van der Waals surface area contributed by atoms with Crippen LogP contribution < -0.4 is 10.1 Å². The number of aromatic nitrogens is 2. The number of aromatic amines is 1. The molecule has 0 saturated carbocycles. The highest BCUT2D eigenvalue weighted by molar-refractivity contribution is 5.74. The zero-order valence-electron chi connectivity index (χ0n) is 14.6. The van der Waals surface area contributed by atoms with Crippen molar-refractivity contribution in [1.82, 2.24) is 20.2 Å². The Bertz CT molecular complexity index is 610. The fourth-order valence-corrected chi connectivity index (χ4v) is 2.38. The molecule has 0 aliphatic rings. The maximum atomic E-state index is 12.4. The Kier molecular flexibility index (Phi) is 6.66. The van der Waals surface area contributed by atoms with E-state index in [4.69, 9.17) is 4.74 Å². The molecule has 2 aromatic rings. The summed E-state index contributed by atoms with van der Waals surface area (Å²) in [7, 11) is 1.76. The van der Waals surface area contributed by atoms with E-state index in [0.717, 1.165) is 30.0 Å². The Morgan fingerprint density at radius 3 is 2.67 bits per heavy atom. The molecular formula is C18H26N4O2. The van der Waals surface area contributed by atoms with Crippen LogP contribution in [0.1, 0.15) is 44.1 Å². The van der Waals surface area contributed by atoms with Gasteiger partial charge in [-0.1, -0.05) is 26.0 Å². The normalized spacial score (nSPS) is 11.8. The number of carbonyl (C=O) groups is 1. The number of ether oxygens (including phenoxy) is 1. The first-order valence-electron chi connectivity index (χ1n) is 8.36. The van der Waals surface area contributed by atoms with Crippen LogP contribution >= 0.6 is 0 Å². The van der Waals surface area contributed by atoms with Gasteiger partial charge in [-0.05, 0) is 30.5 Å².